The molecule has 0 aliphatic carbocycles. The van der Waals surface area contributed by atoms with E-state index in [1.807, 2.05) is 44.2 Å². The molecule has 4 N–H and O–H groups in total. The van der Waals surface area contributed by atoms with E-state index in [1.165, 1.54) is 13.2 Å². The lowest BCUT2D eigenvalue weighted by Crippen LogP contribution is -2.38. The Labute approximate surface area is 167 Å². The molecule has 7 heteroatoms. The Kier molecular flexibility index (Phi) is 8.00. The standard InChI is InChI=1S/C21H30N2O4S/c1-15(2)14-23-28(25,26)21-10-9-18(27-3)12-17(21)13-20(24)19(22)11-16-7-5-4-6-8-16/h4-10,12,15,19-20,23-24H,11,13-14,22H2,1-3H3/t19-,20+/m0/s1. The summed E-state index contributed by atoms with van der Waals surface area (Å²) in [6.07, 6.45) is -0.283. The third kappa shape index (κ3) is 6.31. The maximum Gasteiger partial charge on any atom is 0.240 e. The topological polar surface area (TPSA) is 102 Å². The van der Waals surface area contributed by atoms with Crippen LogP contribution in [0.15, 0.2) is 53.4 Å². The molecule has 2 atom stereocenters. The Morgan fingerprint density at radius 3 is 2.39 bits per heavy atom. The van der Waals surface area contributed by atoms with Crippen LogP contribution < -0.4 is 15.2 Å². The summed E-state index contributed by atoms with van der Waals surface area (Å²) in [6, 6.07) is 13.9. The van der Waals surface area contributed by atoms with Gasteiger partial charge in [-0.2, -0.15) is 0 Å². The molecule has 0 aliphatic heterocycles. The van der Waals surface area contributed by atoms with E-state index in [0.29, 0.717) is 24.3 Å². The van der Waals surface area contributed by atoms with Crippen LogP contribution >= 0.6 is 0 Å². The number of aliphatic hydroxyl groups excluding tert-OH is 1. The first-order chi connectivity index (χ1) is 13.2. The van der Waals surface area contributed by atoms with E-state index in [4.69, 9.17) is 10.5 Å². The number of nitrogens with one attached hydrogen (secondary N) is 1. The summed E-state index contributed by atoms with van der Waals surface area (Å²) in [5, 5.41) is 10.6. The van der Waals surface area contributed by atoms with Crippen molar-refractivity contribution in [1.29, 1.82) is 0 Å². The summed E-state index contributed by atoms with van der Waals surface area (Å²) in [6.45, 7) is 4.21. The number of aliphatic hydroxyl groups is 1. The van der Waals surface area contributed by atoms with E-state index >= 15 is 0 Å². The van der Waals surface area contributed by atoms with Gasteiger partial charge < -0.3 is 15.6 Å². The average Bonchev–Trinajstić information content (AvgIpc) is 2.67. The van der Waals surface area contributed by atoms with E-state index < -0.39 is 22.2 Å². The van der Waals surface area contributed by atoms with E-state index in [-0.39, 0.29) is 17.2 Å². The molecular formula is C21H30N2O4S. The third-order valence-corrected chi connectivity index (χ3v) is 6.00. The van der Waals surface area contributed by atoms with Crippen molar-refractivity contribution >= 4 is 10.0 Å². The molecule has 0 fully saturated rings. The van der Waals surface area contributed by atoms with Gasteiger partial charge >= 0.3 is 0 Å². The Bertz CT molecular complexity index is 854. The first-order valence-corrected chi connectivity index (χ1v) is 10.9. The van der Waals surface area contributed by atoms with E-state index in [0.717, 1.165) is 5.56 Å². The maximum atomic E-state index is 12.7. The highest BCUT2D eigenvalue weighted by Crippen LogP contribution is 2.24. The van der Waals surface area contributed by atoms with Crippen molar-refractivity contribution in [2.45, 2.75) is 43.7 Å². The quantitative estimate of drug-likeness (QED) is 0.561. The van der Waals surface area contributed by atoms with Crippen LogP contribution in [0.5, 0.6) is 5.75 Å². The summed E-state index contributed by atoms with van der Waals surface area (Å²) in [5.74, 6) is 0.711. The van der Waals surface area contributed by atoms with E-state index in [2.05, 4.69) is 4.72 Å². The fourth-order valence-corrected chi connectivity index (χ4v) is 4.30. The molecule has 0 saturated heterocycles. The highest BCUT2D eigenvalue weighted by Gasteiger charge is 2.23. The molecule has 154 valence electrons. The van der Waals surface area contributed by atoms with Crippen molar-refractivity contribution in [2.24, 2.45) is 11.7 Å². The van der Waals surface area contributed by atoms with Gasteiger partial charge in [-0.05, 0) is 41.7 Å². The highest BCUT2D eigenvalue weighted by molar-refractivity contribution is 7.89. The number of hydrogen-bond acceptors (Lipinski definition) is 5. The Balaban J connectivity index is 2.22. The predicted molar refractivity (Wildman–Crippen MR) is 111 cm³/mol. The summed E-state index contributed by atoms with van der Waals surface area (Å²) in [5.41, 5.74) is 7.68. The molecular weight excluding hydrogens is 376 g/mol. The summed E-state index contributed by atoms with van der Waals surface area (Å²) in [4.78, 5) is 0.139. The minimum atomic E-state index is -3.70. The lowest BCUT2D eigenvalue weighted by molar-refractivity contribution is 0.143. The number of sulfonamides is 1. The van der Waals surface area contributed by atoms with Gasteiger partial charge in [0.2, 0.25) is 10.0 Å². The van der Waals surface area contributed by atoms with E-state index in [9.17, 15) is 13.5 Å². The number of rotatable bonds is 10. The van der Waals surface area contributed by atoms with Gasteiger partial charge in [0.25, 0.3) is 0 Å². The number of hydrogen-bond donors (Lipinski definition) is 3. The van der Waals surface area contributed by atoms with Crippen molar-refractivity contribution in [3.8, 4) is 5.75 Å². The molecule has 0 aromatic heterocycles. The molecule has 0 bridgehead atoms. The molecule has 0 spiro atoms. The summed E-state index contributed by atoms with van der Waals surface area (Å²) >= 11 is 0. The Morgan fingerprint density at radius 2 is 1.79 bits per heavy atom. The average molecular weight is 407 g/mol. The van der Waals surface area contributed by atoms with Crippen LogP contribution in [0.4, 0.5) is 0 Å². The number of methoxy groups -OCH3 is 1. The SMILES string of the molecule is COc1ccc(S(=O)(=O)NCC(C)C)c(C[C@@H](O)[C@@H](N)Cc2ccccc2)c1. The van der Waals surface area contributed by atoms with Gasteiger partial charge in [0.05, 0.1) is 18.1 Å². The van der Waals surface area contributed by atoms with Crippen molar-refractivity contribution in [3.05, 3.63) is 59.7 Å². The number of ether oxygens (including phenoxy) is 1. The van der Waals surface area contributed by atoms with Crippen LogP contribution in [-0.2, 0) is 22.9 Å². The Morgan fingerprint density at radius 1 is 1.11 bits per heavy atom. The van der Waals surface area contributed by atoms with Crippen molar-refractivity contribution in [1.82, 2.24) is 4.72 Å². The predicted octanol–water partition coefficient (Wildman–Crippen LogP) is 2.10. The van der Waals surface area contributed by atoms with Crippen LogP contribution in [0, 0.1) is 5.92 Å². The number of benzene rings is 2. The molecule has 2 rings (SSSR count). The largest absolute Gasteiger partial charge is 0.497 e. The van der Waals surface area contributed by atoms with E-state index in [1.54, 1.807) is 12.1 Å². The lowest BCUT2D eigenvalue weighted by atomic mass is 9.97. The lowest BCUT2D eigenvalue weighted by Gasteiger charge is -2.21. The maximum absolute atomic E-state index is 12.7. The van der Waals surface area contributed by atoms with Crippen molar-refractivity contribution in [2.75, 3.05) is 13.7 Å². The molecule has 0 saturated carbocycles. The second-order valence-electron chi connectivity index (χ2n) is 7.34. The molecule has 28 heavy (non-hydrogen) atoms. The Hall–Kier alpha value is -1.93. The van der Waals surface area contributed by atoms with Crippen LogP contribution in [-0.4, -0.2) is 39.3 Å². The zero-order valence-electron chi connectivity index (χ0n) is 16.6. The summed E-state index contributed by atoms with van der Waals surface area (Å²) < 4.78 is 33.3. The molecule has 0 amide bonds. The zero-order chi connectivity index (χ0) is 20.7. The van der Waals surface area contributed by atoms with Crippen molar-refractivity contribution in [3.63, 3.8) is 0 Å². The van der Waals surface area contributed by atoms with Gasteiger partial charge in [0, 0.05) is 19.0 Å². The molecule has 0 aliphatic rings. The molecule has 0 heterocycles. The molecule has 0 radical (unpaired) electrons. The van der Waals surface area contributed by atoms with Crippen LogP contribution in [0.3, 0.4) is 0 Å². The molecule has 2 aromatic rings. The normalized spacial score (nSPS) is 14.1. The second-order valence-corrected chi connectivity index (χ2v) is 9.08. The van der Waals surface area contributed by atoms with Gasteiger partial charge in [-0.15, -0.1) is 0 Å². The highest BCUT2D eigenvalue weighted by atomic mass is 32.2. The van der Waals surface area contributed by atoms with Crippen LogP contribution in [0.1, 0.15) is 25.0 Å². The minimum Gasteiger partial charge on any atom is -0.497 e. The summed E-state index contributed by atoms with van der Waals surface area (Å²) in [7, 11) is -2.18. The molecule has 2 aromatic carbocycles. The van der Waals surface area contributed by atoms with Gasteiger partial charge in [-0.25, -0.2) is 13.1 Å². The molecule has 0 unspecified atom stereocenters. The third-order valence-electron chi connectivity index (χ3n) is 4.48. The smallest absolute Gasteiger partial charge is 0.240 e. The van der Waals surface area contributed by atoms with Crippen LogP contribution in [0.2, 0.25) is 0 Å². The first-order valence-electron chi connectivity index (χ1n) is 9.37. The zero-order valence-corrected chi connectivity index (χ0v) is 17.4. The fourth-order valence-electron chi connectivity index (χ4n) is 2.86. The fraction of sp³-hybridized carbons (Fsp3) is 0.429. The van der Waals surface area contributed by atoms with Crippen LogP contribution in [0.25, 0.3) is 0 Å². The molecule has 6 nitrogen and oxygen atoms in total. The van der Waals surface area contributed by atoms with Crippen molar-refractivity contribution < 1.29 is 18.3 Å². The van der Waals surface area contributed by atoms with Gasteiger partial charge in [0.1, 0.15) is 5.75 Å². The van der Waals surface area contributed by atoms with Gasteiger partial charge in [-0.3, -0.25) is 0 Å². The minimum absolute atomic E-state index is 0.114. The second kappa shape index (κ2) is 10.0. The van der Waals surface area contributed by atoms with Gasteiger partial charge in [-0.1, -0.05) is 44.2 Å². The van der Waals surface area contributed by atoms with Gasteiger partial charge in [0.15, 0.2) is 0 Å². The monoisotopic (exact) mass is 406 g/mol. The first kappa shape index (κ1) is 22.4. The number of nitrogens with two attached hydrogens (primary N) is 1.